The minimum atomic E-state index is 0.291. The van der Waals surface area contributed by atoms with Crippen LogP contribution in [0, 0.1) is 5.41 Å². The first-order valence-electron chi connectivity index (χ1n) is 10.2. The summed E-state index contributed by atoms with van der Waals surface area (Å²) in [6, 6.07) is 5.94. The molecular weight excluding hydrogens is 326 g/mol. The molecule has 1 spiro atoms. The average Bonchev–Trinajstić information content (AvgIpc) is 2.69. The second-order valence-corrected chi connectivity index (χ2v) is 8.36. The maximum absolute atomic E-state index is 12.4. The van der Waals surface area contributed by atoms with Gasteiger partial charge in [0.25, 0.3) is 0 Å². The standard InChI is InChI=1S/C21H31N3O2/c25-20-7-8-21(17-24(20)15-18-5-1-3-11-22-18)9-12-23(13-10-21)16-19-6-2-4-14-26-19/h1,3,5,11,19H,2,4,6-10,12-17H2. The molecule has 1 unspecified atom stereocenters. The van der Waals surface area contributed by atoms with E-state index in [1.807, 2.05) is 29.3 Å². The van der Waals surface area contributed by atoms with Crippen molar-refractivity contribution in [3.05, 3.63) is 30.1 Å². The number of piperidine rings is 2. The number of rotatable bonds is 4. The first-order chi connectivity index (χ1) is 12.7. The summed E-state index contributed by atoms with van der Waals surface area (Å²) in [6.45, 7) is 5.87. The van der Waals surface area contributed by atoms with Gasteiger partial charge in [-0.15, -0.1) is 0 Å². The van der Waals surface area contributed by atoms with Gasteiger partial charge in [0.2, 0.25) is 5.91 Å². The van der Waals surface area contributed by atoms with Gasteiger partial charge in [0, 0.05) is 32.3 Å². The monoisotopic (exact) mass is 357 g/mol. The van der Waals surface area contributed by atoms with Crippen LogP contribution in [0.2, 0.25) is 0 Å². The molecule has 3 fully saturated rings. The van der Waals surface area contributed by atoms with Gasteiger partial charge in [-0.05, 0) is 69.2 Å². The van der Waals surface area contributed by atoms with Crippen molar-refractivity contribution in [3.63, 3.8) is 0 Å². The molecule has 0 aromatic carbocycles. The average molecular weight is 357 g/mol. The summed E-state index contributed by atoms with van der Waals surface area (Å²) in [6.07, 6.45) is 10.1. The summed E-state index contributed by atoms with van der Waals surface area (Å²) < 4.78 is 5.91. The Bertz CT molecular complexity index is 593. The molecule has 0 N–H and O–H groups in total. The Balaban J connectivity index is 1.32. The molecule has 1 aromatic heterocycles. The number of nitrogens with zero attached hydrogens (tertiary/aromatic N) is 3. The second-order valence-electron chi connectivity index (χ2n) is 8.36. The number of likely N-dealkylation sites (tertiary alicyclic amines) is 2. The molecule has 1 amide bonds. The molecule has 4 heterocycles. The predicted molar refractivity (Wildman–Crippen MR) is 101 cm³/mol. The normalized spacial score (nSPS) is 27.0. The van der Waals surface area contributed by atoms with Crippen LogP contribution in [0.25, 0.3) is 0 Å². The zero-order chi connectivity index (χ0) is 17.8. The van der Waals surface area contributed by atoms with Crippen LogP contribution in [-0.4, -0.2) is 59.6 Å². The van der Waals surface area contributed by atoms with Crippen molar-refractivity contribution < 1.29 is 9.53 Å². The van der Waals surface area contributed by atoms with Crippen molar-refractivity contribution in [3.8, 4) is 0 Å². The number of carbonyl (C=O) groups excluding carboxylic acids is 1. The van der Waals surface area contributed by atoms with Crippen molar-refractivity contribution in [1.29, 1.82) is 0 Å². The summed E-state index contributed by atoms with van der Waals surface area (Å²) in [5.41, 5.74) is 1.30. The van der Waals surface area contributed by atoms with Crippen molar-refractivity contribution in [2.45, 2.75) is 57.6 Å². The molecule has 5 heteroatoms. The van der Waals surface area contributed by atoms with Gasteiger partial charge in [0.15, 0.2) is 0 Å². The van der Waals surface area contributed by atoms with Gasteiger partial charge in [0.05, 0.1) is 18.3 Å². The Hall–Kier alpha value is -1.46. The lowest BCUT2D eigenvalue weighted by molar-refractivity contribution is -0.140. The molecule has 0 bridgehead atoms. The van der Waals surface area contributed by atoms with Crippen LogP contribution < -0.4 is 0 Å². The quantitative estimate of drug-likeness (QED) is 0.831. The highest BCUT2D eigenvalue weighted by molar-refractivity contribution is 5.77. The van der Waals surface area contributed by atoms with E-state index in [4.69, 9.17) is 4.74 Å². The van der Waals surface area contributed by atoms with Crippen molar-refractivity contribution in [2.75, 3.05) is 32.8 Å². The SMILES string of the molecule is O=C1CCC2(CCN(CC3CCCCO3)CC2)CN1Cc1ccccn1. The van der Waals surface area contributed by atoms with E-state index < -0.39 is 0 Å². The van der Waals surface area contributed by atoms with Crippen LogP contribution >= 0.6 is 0 Å². The zero-order valence-electron chi connectivity index (χ0n) is 15.7. The third-order valence-electron chi connectivity index (χ3n) is 6.48. The van der Waals surface area contributed by atoms with Crippen molar-refractivity contribution in [2.24, 2.45) is 5.41 Å². The topological polar surface area (TPSA) is 45.7 Å². The Labute approximate surface area is 156 Å². The highest BCUT2D eigenvalue weighted by Crippen LogP contribution is 2.40. The Morgan fingerprint density at radius 1 is 1.19 bits per heavy atom. The first-order valence-corrected chi connectivity index (χ1v) is 10.2. The Morgan fingerprint density at radius 2 is 2.08 bits per heavy atom. The predicted octanol–water partition coefficient (Wildman–Crippen LogP) is 2.86. The first kappa shape index (κ1) is 17.9. The molecule has 1 aromatic rings. The molecule has 5 nitrogen and oxygen atoms in total. The van der Waals surface area contributed by atoms with E-state index in [0.717, 1.165) is 44.9 Å². The van der Waals surface area contributed by atoms with E-state index in [0.29, 0.717) is 30.4 Å². The van der Waals surface area contributed by atoms with Crippen LogP contribution in [0.5, 0.6) is 0 Å². The van der Waals surface area contributed by atoms with Gasteiger partial charge in [-0.25, -0.2) is 0 Å². The molecule has 0 radical (unpaired) electrons. The maximum atomic E-state index is 12.4. The molecule has 0 saturated carbocycles. The van der Waals surface area contributed by atoms with E-state index in [2.05, 4.69) is 9.88 Å². The Kier molecular flexibility index (Phi) is 5.55. The number of carbonyl (C=O) groups is 1. The lowest BCUT2D eigenvalue weighted by Crippen LogP contribution is -2.52. The smallest absolute Gasteiger partial charge is 0.222 e. The van der Waals surface area contributed by atoms with Gasteiger partial charge in [-0.2, -0.15) is 0 Å². The molecule has 142 valence electrons. The van der Waals surface area contributed by atoms with E-state index >= 15 is 0 Å². The zero-order valence-corrected chi connectivity index (χ0v) is 15.7. The van der Waals surface area contributed by atoms with E-state index in [1.54, 1.807) is 0 Å². The minimum absolute atomic E-state index is 0.291. The number of aromatic nitrogens is 1. The fraction of sp³-hybridized carbons (Fsp3) is 0.714. The highest BCUT2D eigenvalue weighted by Gasteiger charge is 2.41. The van der Waals surface area contributed by atoms with E-state index in [9.17, 15) is 4.79 Å². The summed E-state index contributed by atoms with van der Waals surface area (Å²) in [5, 5.41) is 0. The molecule has 26 heavy (non-hydrogen) atoms. The van der Waals surface area contributed by atoms with Crippen molar-refractivity contribution in [1.82, 2.24) is 14.8 Å². The maximum Gasteiger partial charge on any atom is 0.222 e. The molecule has 3 aliphatic heterocycles. The van der Waals surface area contributed by atoms with Gasteiger partial charge in [-0.1, -0.05) is 6.07 Å². The number of hydrogen-bond donors (Lipinski definition) is 0. The van der Waals surface area contributed by atoms with Crippen LogP contribution in [0.15, 0.2) is 24.4 Å². The molecule has 4 rings (SSSR count). The second kappa shape index (κ2) is 8.05. The van der Waals surface area contributed by atoms with E-state index in [1.165, 1.54) is 32.1 Å². The largest absolute Gasteiger partial charge is 0.377 e. The van der Waals surface area contributed by atoms with Crippen LogP contribution in [0.3, 0.4) is 0 Å². The molecule has 3 aliphatic rings. The number of hydrogen-bond acceptors (Lipinski definition) is 4. The van der Waals surface area contributed by atoms with Crippen molar-refractivity contribution >= 4 is 5.91 Å². The summed E-state index contributed by atoms with van der Waals surface area (Å²) in [4.78, 5) is 21.5. The van der Waals surface area contributed by atoms with Crippen LogP contribution in [0.1, 0.15) is 50.6 Å². The Morgan fingerprint density at radius 3 is 2.81 bits per heavy atom. The minimum Gasteiger partial charge on any atom is -0.377 e. The van der Waals surface area contributed by atoms with E-state index in [-0.39, 0.29) is 0 Å². The lowest BCUT2D eigenvalue weighted by atomic mass is 9.72. The van der Waals surface area contributed by atoms with Gasteiger partial charge in [0.1, 0.15) is 0 Å². The summed E-state index contributed by atoms with van der Waals surface area (Å²) in [7, 11) is 0. The lowest BCUT2D eigenvalue weighted by Gasteiger charge is -2.48. The fourth-order valence-electron chi connectivity index (χ4n) is 4.79. The van der Waals surface area contributed by atoms with Gasteiger partial charge in [-0.3, -0.25) is 9.78 Å². The molecular formula is C21H31N3O2. The molecule has 3 saturated heterocycles. The third kappa shape index (κ3) is 4.26. The molecule has 1 atom stereocenters. The fourth-order valence-corrected chi connectivity index (χ4v) is 4.79. The number of amides is 1. The third-order valence-corrected chi connectivity index (χ3v) is 6.48. The number of ether oxygens (including phenoxy) is 1. The number of pyridine rings is 1. The molecule has 0 aliphatic carbocycles. The van der Waals surface area contributed by atoms with Gasteiger partial charge < -0.3 is 14.5 Å². The summed E-state index contributed by atoms with van der Waals surface area (Å²) >= 11 is 0. The van der Waals surface area contributed by atoms with Gasteiger partial charge >= 0.3 is 0 Å². The van der Waals surface area contributed by atoms with Crippen LogP contribution in [0.4, 0.5) is 0 Å². The summed E-state index contributed by atoms with van der Waals surface area (Å²) in [5.74, 6) is 0.291. The highest BCUT2D eigenvalue weighted by atomic mass is 16.5. The van der Waals surface area contributed by atoms with Crippen LogP contribution in [-0.2, 0) is 16.1 Å².